The van der Waals surface area contributed by atoms with Crippen LogP contribution in [0, 0.1) is 5.92 Å². The fraction of sp³-hybridized carbons (Fsp3) is 0.750. The van der Waals surface area contributed by atoms with Gasteiger partial charge in [-0.25, -0.2) is 0 Å². The fourth-order valence-electron chi connectivity index (χ4n) is 7.39. The summed E-state index contributed by atoms with van der Waals surface area (Å²) in [6.45, 7) is 9.01. The minimum atomic E-state index is -0.663. The summed E-state index contributed by atoms with van der Waals surface area (Å²) in [6.07, 6.45) is 14.6. The fourth-order valence-corrected chi connectivity index (χ4v) is 7.39. The Morgan fingerprint density at radius 2 is 1.39 bits per heavy atom. The number of carbonyl (C=O) groups is 2. The van der Waals surface area contributed by atoms with E-state index in [0.717, 1.165) is 58.3 Å². The van der Waals surface area contributed by atoms with E-state index in [2.05, 4.69) is 46.3 Å². The molecule has 3 aliphatic heterocycles. The van der Waals surface area contributed by atoms with Crippen molar-refractivity contribution in [2.45, 2.75) is 115 Å². The molecule has 1 aromatic rings. The molecule has 1 aromatic carbocycles. The van der Waals surface area contributed by atoms with Gasteiger partial charge in [-0.3, -0.25) is 19.4 Å². The van der Waals surface area contributed by atoms with Gasteiger partial charge in [-0.05, 0) is 68.7 Å². The molecule has 6 heteroatoms. The molecule has 0 aromatic heterocycles. The first-order valence-electron chi connectivity index (χ1n) is 15.7. The highest BCUT2D eigenvalue weighted by atomic mass is 16.2. The normalized spacial score (nSPS) is 25.6. The number of nitrogens with zero attached hydrogens (tertiary/aromatic N) is 3. The van der Waals surface area contributed by atoms with Crippen molar-refractivity contribution >= 4 is 11.8 Å². The van der Waals surface area contributed by atoms with Crippen molar-refractivity contribution in [3.8, 4) is 0 Å². The van der Waals surface area contributed by atoms with Gasteiger partial charge in [0.15, 0.2) is 0 Å². The van der Waals surface area contributed by atoms with Crippen molar-refractivity contribution in [3.63, 3.8) is 0 Å². The molecule has 4 aliphatic rings. The molecule has 2 amide bonds. The third-order valence-corrected chi connectivity index (χ3v) is 9.81. The Hall–Kier alpha value is -1.92. The maximum Gasteiger partial charge on any atom is 0.246 e. The number of hydrogen-bond donors (Lipinski definition) is 1. The zero-order chi connectivity index (χ0) is 26.4. The maximum absolute atomic E-state index is 13.8. The molecule has 38 heavy (non-hydrogen) atoms. The molecular formula is C32H50N4O2. The molecule has 4 fully saturated rings. The lowest BCUT2D eigenvalue weighted by Gasteiger charge is -2.52. The van der Waals surface area contributed by atoms with E-state index >= 15 is 0 Å². The topological polar surface area (TPSA) is 55.9 Å². The van der Waals surface area contributed by atoms with Crippen molar-refractivity contribution < 1.29 is 9.59 Å². The highest BCUT2D eigenvalue weighted by Crippen LogP contribution is 2.36. The summed E-state index contributed by atoms with van der Waals surface area (Å²) in [5.41, 5.74) is 2.08. The van der Waals surface area contributed by atoms with Crippen LogP contribution in [0.15, 0.2) is 24.3 Å². The zero-order valence-corrected chi connectivity index (χ0v) is 23.8. The average molecular weight is 523 g/mol. The number of benzene rings is 1. The van der Waals surface area contributed by atoms with E-state index < -0.39 is 5.54 Å². The summed E-state index contributed by atoms with van der Waals surface area (Å²) in [5.74, 6) is 0.866. The van der Waals surface area contributed by atoms with Crippen molar-refractivity contribution in [3.05, 3.63) is 35.4 Å². The van der Waals surface area contributed by atoms with Crippen LogP contribution in [0.3, 0.4) is 0 Å². The van der Waals surface area contributed by atoms with Crippen LogP contribution in [-0.4, -0.2) is 70.8 Å². The molecule has 1 atom stereocenters. The highest BCUT2D eigenvalue weighted by Gasteiger charge is 2.53. The lowest BCUT2D eigenvalue weighted by atomic mass is 9.79. The van der Waals surface area contributed by atoms with Crippen LogP contribution in [0.2, 0.25) is 0 Å². The standard InChI is InChI=1S/C32H50N4O2/c1-2-3-20-36-30(37)29(23-26-10-6-4-7-11-26)33-31(38)32(36)16-21-35(22-17-32)25-28-14-12-27(13-15-28)24-34-18-8-5-9-19-34/h12-15,26,29H,2-11,16-25H2,1H3,(H,33,38)/t29-/m0/s1. The van der Waals surface area contributed by atoms with Gasteiger partial charge in [0.2, 0.25) is 11.8 Å². The van der Waals surface area contributed by atoms with E-state index in [1.54, 1.807) is 0 Å². The zero-order valence-electron chi connectivity index (χ0n) is 23.8. The van der Waals surface area contributed by atoms with Crippen LogP contribution >= 0.6 is 0 Å². The molecule has 210 valence electrons. The van der Waals surface area contributed by atoms with E-state index in [4.69, 9.17) is 0 Å². The first-order valence-corrected chi connectivity index (χ1v) is 15.7. The molecular weight excluding hydrogens is 472 g/mol. The number of piperidine rings is 2. The third kappa shape index (κ3) is 6.44. The average Bonchev–Trinajstić information content (AvgIpc) is 2.95. The van der Waals surface area contributed by atoms with Crippen molar-refractivity contribution in [1.82, 2.24) is 20.0 Å². The molecule has 6 nitrogen and oxygen atoms in total. The summed E-state index contributed by atoms with van der Waals surface area (Å²) < 4.78 is 0. The summed E-state index contributed by atoms with van der Waals surface area (Å²) in [5, 5.41) is 3.23. The van der Waals surface area contributed by atoms with E-state index in [9.17, 15) is 9.59 Å². The van der Waals surface area contributed by atoms with Crippen molar-refractivity contribution in [2.24, 2.45) is 5.92 Å². The van der Waals surface area contributed by atoms with Gasteiger partial charge in [-0.15, -0.1) is 0 Å². The summed E-state index contributed by atoms with van der Waals surface area (Å²) in [7, 11) is 0. The van der Waals surface area contributed by atoms with Crippen LogP contribution in [0.4, 0.5) is 0 Å². The molecule has 0 unspecified atom stereocenters. The Morgan fingerprint density at radius 3 is 2.00 bits per heavy atom. The highest BCUT2D eigenvalue weighted by molar-refractivity contribution is 6.00. The summed E-state index contributed by atoms with van der Waals surface area (Å²) in [6, 6.07) is 8.83. The Kier molecular flexibility index (Phi) is 9.42. The van der Waals surface area contributed by atoms with Crippen LogP contribution in [-0.2, 0) is 22.7 Å². The molecule has 5 rings (SSSR count). The molecule has 3 heterocycles. The second-order valence-electron chi connectivity index (χ2n) is 12.6. The maximum atomic E-state index is 13.8. The van der Waals surface area contributed by atoms with Gasteiger partial charge in [-0.1, -0.05) is 76.1 Å². The Balaban J connectivity index is 1.18. The van der Waals surface area contributed by atoms with Crippen LogP contribution < -0.4 is 5.32 Å². The number of nitrogens with one attached hydrogen (secondary N) is 1. The second kappa shape index (κ2) is 13.0. The molecule has 1 saturated carbocycles. The minimum Gasteiger partial charge on any atom is -0.342 e. The number of rotatable bonds is 9. The van der Waals surface area contributed by atoms with Crippen molar-refractivity contribution in [1.29, 1.82) is 0 Å². The SMILES string of the molecule is CCCCN1C(=O)[C@H](CC2CCCCC2)NC(=O)C12CCN(Cc1ccc(CN3CCCCC3)cc1)CC2. The number of piperazine rings is 1. The van der Waals surface area contributed by atoms with E-state index in [-0.39, 0.29) is 17.9 Å². The van der Waals surface area contributed by atoms with Crippen LogP contribution in [0.1, 0.15) is 102 Å². The first kappa shape index (κ1) is 27.6. The lowest BCUT2D eigenvalue weighted by molar-refractivity contribution is -0.162. The van der Waals surface area contributed by atoms with E-state index in [0.29, 0.717) is 12.5 Å². The number of carbonyl (C=O) groups excluding carboxylic acids is 2. The summed E-state index contributed by atoms with van der Waals surface area (Å²) in [4.78, 5) is 34.5. The number of likely N-dealkylation sites (tertiary alicyclic amines) is 2. The third-order valence-electron chi connectivity index (χ3n) is 9.81. The predicted molar refractivity (Wildman–Crippen MR) is 153 cm³/mol. The molecule has 1 spiro atoms. The van der Waals surface area contributed by atoms with E-state index in [1.807, 2.05) is 4.90 Å². The van der Waals surface area contributed by atoms with Gasteiger partial charge < -0.3 is 10.2 Å². The van der Waals surface area contributed by atoms with Gasteiger partial charge >= 0.3 is 0 Å². The Morgan fingerprint density at radius 1 is 0.816 bits per heavy atom. The van der Waals surface area contributed by atoms with Crippen molar-refractivity contribution in [2.75, 3.05) is 32.7 Å². The molecule has 3 saturated heterocycles. The van der Waals surface area contributed by atoms with Gasteiger partial charge in [0.05, 0.1) is 0 Å². The van der Waals surface area contributed by atoms with Gasteiger partial charge in [-0.2, -0.15) is 0 Å². The van der Waals surface area contributed by atoms with Crippen LogP contribution in [0.5, 0.6) is 0 Å². The quantitative estimate of drug-likeness (QED) is 0.490. The number of hydrogen-bond acceptors (Lipinski definition) is 4. The first-order chi connectivity index (χ1) is 18.6. The van der Waals surface area contributed by atoms with Gasteiger partial charge in [0, 0.05) is 32.7 Å². The summed E-state index contributed by atoms with van der Waals surface area (Å²) >= 11 is 0. The monoisotopic (exact) mass is 522 g/mol. The molecule has 0 radical (unpaired) electrons. The predicted octanol–water partition coefficient (Wildman–Crippen LogP) is 5.10. The smallest absolute Gasteiger partial charge is 0.246 e. The lowest BCUT2D eigenvalue weighted by Crippen LogP contribution is -2.73. The van der Waals surface area contributed by atoms with E-state index in [1.165, 1.54) is 75.6 Å². The number of unbranched alkanes of at least 4 members (excludes halogenated alkanes) is 1. The number of amides is 2. The largest absolute Gasteiger partial charge is 0.342 e. The van der Waals surface area contributed by atoms with Crippen LogP contribution in [0.25, 0.3) is 0 Å². The molecule has 1 aliphatic carbocycles. The van der Waals surface area contributed by atoms with Gasteiger partial charge in [0.25, 0.3) is 0 Å². The molecule has 1 N–H and O–H groups in total. The Labute approximate surface area is 230 Å². The second-order valence-corrected chi connectivity index (χ2v) is 12.6. The van der Waals surface area contributed by atoms with Gasteiger partial charge in [0.1, 0.15) is 11.6 Å². The molecule has 0 bridgehead atoms. The minimum absolute atomic E-state index is 0.107. The Bertz CT molecular complexity index is 912.